The predicted octanol–water partition coefficient (Wildman–Crippen LogP) is 0.712. The first-order valence-electron chi connectivity index (χ1n) is 3.74. The lowest BCUT2D eigenvalue weighted by Gasteiger charge is -2.16. The van der Waals surface area contributed by atoms with E-state index in [2.05, 4.69) is 11.8 Å². The van der Waals surface area contributed by atoms with Gasteiger partial charge in [-0.1, -0.05) is 5.92 Å². The Morgan fingerprint density at radius 3 is 2.33 bits per heavy atom. The summed E-state index contributed by atoms with van der Waals surface area (Å²) in [7, 11) is 0. The molecule has 0 unspecified atom stereocenters. The van der Waals surface area contributed by atoms with E-state index in [4.69, 9.17) is 9.84 Å². The Morgan fingerprint density at radius 2 is 2.00 bits per heavy atom. The van der Waals surface area contributed by atoms with Crippen molar-refractivity contribution in [3.63, 3.8) is 0 Å². The molecule has 0 aliphatic heterocycles. The highest BCUT2D eigenvalue weighted by atomic mass is 16.6. The molecular formula is C9H14O3. The van der Waals surface area contributed by atoms with Gasteiger partial charge in [0, 0.05) is 5.92 Å². The molecule has 12 heavy (non-hydrogen) atoms. The molecule has 1 atom stereocenters. The van der Waals surface area contributed by atoms with Crippen molar-refractivity contribution in [2.45, 2.75) is 39.4 Å². The number of hydrogen-bond donors (Lipinski definition) is 1. The van der Waals surface area contributed by atoms with E-state index in [1.807, 2.05) is 0 Å². The molecular weight excluding hydrogens is 156 g/mol. The van der Waals surface area contributed by atoms with Crippen LogP contribution in [-0.2, 0) is 9.53 Å². The van der Waals surface area contributed by atoms with Gasteiger partial charge < -0.3 is 9.84 Å². The molecule has 68 valence electrons. The van der Waals surface area contributed by atoms with E-state index in [9.17, 15) is 4.79 Å². The molecule has 0 saturated carbocycles. The average molecular weight is 170 g/mol. The zero-order valence-corrected chi connectivity index (χ0v) is 7.84. The third-order valence-corrected chi connectivity index (χ3v) is 0.782. The Morgan fingerprint density at radius 1 is 1.50 bits per heavy atom. The number of carbonyl (C=O) groups excluding carboxylic acids is 1. The van der Waals surface area contributed by atoms with Crippen LogP contribution in [0.15, 0.2) is 0 Å². The van der Waals surface area contributed by atoms with Crippen molar-refractivity contribution in [3.8, 4) is 11.8 Å². The second kappa shape index (κ2) is 4.13. The van der Waals surface area contributed by atoms with Crippen LogP contribution in [0.4, 0.5) is 0 Å². The molecule has 0 aromatic carbocycles. The maximum Gasteiger partial charge on any atom is 0.384 e. The molecule has 0 aromatic heterocycles. The molecule has 0 amide bonds. The molecule has 0 aliphatic carbocycles. The molecule has 0 heterocycles. The van der Waals surface area contributed by atoms with Gasteiger partial charge in [0.1, 0.15) is 11.7 Å². The second-order valence-corrected chi connectivity index (χ2v) is 3.45. The van der Waals surface area contributed by atoms with E-state index < -0.39 is 17.7 Å². The fraction of sp³-hybridized carbons (Fsp3) is 0.667. The Hall–Kier alpha value is -1.01. The van der Waals surface area contributed by atoms with Gasteiger partial charge in [0.25, 0.3) is 0 Å². The van der Waals surface area contributed by atoms with Crippen LogP contribution >= 0.6 is 0 Å². The third kappa shape index (κ3) is 7.10. The van der Waals surface area contributed by atoms with Gasteiger partial charge >= 0.3 is 5.97 Å². The molecule has 0 spiro atoms. The highest BCUT2D eigenvalue weighted by Gasteiger charge is 2.14. The Bertz CT molecular complexity index is 212. The second-order valence-electron chi connectivity index (χ2n) is 3.45. The molecule has 0 rings (SSSR count). The van der Waals surface area contributed by atoms with Gasteiger partial charge in [-0.25, -0.2) is 4.79 Å². The summed E-state index contributed by atoms with van der Waals surface area (Å²) in [6.07, 6.45) is -0.794. The van der Waals surface area contributed by atoms with Crippen LogP contribution in [-0.4, -0.2) is 22.8 Å². The minimum Gasteiger partial charge on any atom is -0.450 e. The number of ether oxygens (including phenoxy) is 1. The van der Waals surface area contributed by atoms with Crippen molar-refractivity contribution in [1.82, 2.24) is 0 Å². The quantitative estimate of drug-likeness (QED) is 0.331. The SMILES string of the molecule is C[C@@H](O)C#CC(=O)OC(C)(C)C. The molecule has 0 fully saturated rings. The van der Waals surface area contributed by atoms with Gasteiger partial charge in [0.15, 0.2) is 0 Å². The summed E-state index contributed by atoms with van der Waals surface area (Å²) in [6, 6.07) is 0. The first-order valence-corrected chi connectivity index (χ1v) is 3.74. The van der Waals surface area contributed by atoms with Gasteiger partial charge in [0.2, 0.25) is 0 Å². The Balaban J connectivity index is 4.02. The lowest BCUT2D eigenvalue weighted by atomic mass is 10.2. The summed E-state index contributed by atoms with van der Waals surface area (Å²) in [6.45, 7) is 6.76. The summed E-state index contributed by atoms with van der Waals surface area (Å²) in [5.41, 5.74) is -0.523. The van der Waals surface area contributed by atoms with E-state index in [1.165, 1.54) is 6.92 Å². The van der Waals surface area contributed by atoms with Gasteiger partial charge in [-0.3, -0.25) is 0 Å². The largest absolute Gasteiger partial charge is 0.450 e. The van der Waals surface area contributed by atoms with E-state index >= 15 is 0 Å². The summed E-state index contributed by atoms with van der Waals surface area (Å²) >= 11 is 0. The molecule has 3 heteroatoms. The van der Waals surface area contributed by atoms with E-state index in [0.717, 1.165) is 0 Å². The predicted molar refractivity (Wildman–Crippen MR) is 45.3 cm³/mol. The van der Waals surface area contributed by atoms with Crippen molar-refractivity contribution in [1.29, 1.82) is 0 Å². The van der Waals surface area contributed by atoms with Crippen LogP contribution in [0.25, 0.3) is 0 Å². The van der Waals surface area contributed by atoms with Crippen molar-refractivity contribution in [2.75, 3.05) is 0 Å². The fourth-order valence-electron chi connectivity index (χ4n) is 0.467. The minimum absolute atomic E-state index is 0.523. The molecule has 3 nitrogen and oxygen atoms in total. The number of aliphatic hydroxyl groups excluding tert-OH is 1. The van der Waals surface area contributed by atoms with Gasteiger partial charge in [-0.2, -0.15) is 0 Å². The first kappa shape index (κ1) is 11.0. The van der Waals surface area contributed by atoms with Crippen molar-refractivity contribution in [2.24, 2.45) is 0 Å². The molecule has 0 aliphatic rings. The maximum absolute atomic E-state index is 10.9. The van der Waals surface area contributed by atoms with Crippen LogP contribution in [0, 0.1) is 11.8 Å². The zero-order valence-electron chi connectivity index (χ0n) is 7.84. The highest BCUT2D eigenvalue weighted by molar-refractivity contribution is 5.88. The number of rotatable bonds is 0. The number of aliphatic hydroxyl groups is 1. The molecule has 0 saturated heterocycles. The Labute approximate surface area is 72.7 Å². The van der Waals surface area contributed by atoms with Crippen LogP contribution in [0.5, 0.6) is 0 Å². The van der Waals surface area contributed by atoms with Gasteiger partial charge in [-0.15, -0.1) is 0 Å². The molecule has 1 N–H and O–H groups in total. The van der Waals surface area contributed by atoms with Gasteiger partial charge in [-0.05, 0) is 27.7 Å². The lowest BCUT2D eigenvalue weighted by Crippen LogP contribution is -2.22. The smallest absolute Gasteiger partial charge is 0.384 e. The average Bonchev–Trinajstić information content (AvgIpc) is 1.79. The van der Waals surface area contributed by atoms with Gasteiger partial charge in [0.05, 0.1) is 0 Å². The van der Waals surface area contributed by atoms with Crippen LogP contribution in [0.2, 0.25) is 0 Å². The summed E-state index contributed by atoms with van der Waals surface area (Å²) in [5.74, 6) is 3.87. The topological polar surface area (TPSA) is 46.5 Å². The van der Waals surface area contributed by atoms with Crippen molar-refractivity contribution < 1.29 is 14.6 Å². The minimum atomic E-state index is -0.794. The van der Waals surface area contributed by atoms with Crippen molar-refractivity contribution >= 4 is 5.97 Å². The van der Waals surface area contributed by atoms with Crippen LogP contribution in [0.1, 0.15) is 27.7 Å². The van der Waals surface area contributed by atoms with E-state index in [0.29, 0.717) is 0 Å². The standard InChI is InChI=1S/C9H14O3/c1-7(10)5-6-8(11)12-9(2,3)4/h7,10H,1-4H3/t7-/m1/s1. The maximum atomic E-state index is 10.9. The molecule has 0 bridgehead atoms. The number of carbonyl (C=O) groups is 1. The van der Waals surface area contributed by atoms with E-state index in [1.54, 1.807) is 20.8 Å². The normalized spacial score (nSPS) is 12.8. The zero-order chi connectivity index (χ0) is 9.78. The highest BCUT2D eigenvalue weighted by Crippen LogP contribution is 2.05. The number of hydrogen-bond acceptors (Lipinski definition) is 3. The van der Waals surface area contributed by atoms with Crippen LogP contribution < -0.4 is 0 Å². The summed E-state index contributed by atoms with van der Waals surface area (Å²) in [5, 5.41) is 8.72. The fourth-order valence-corrected chi connectivity index (χ4v) is 0.467. The molecule has 0 aromatic rings. The summed E-state index contributed by atoms with van der Waals surface area (Å²) in [4.78, 5) is 10.9. The summed E-state index contributed by atoms with van der Waals surface area (Å²) < 4.78 is 4.86. The first-order chi connectivity index (χ1) is 5.31. The monoisotopic (exact) mass is 170 g/mol. The number of esters is 1. The van der Waals surface area contributed by atoms with Crippen molar-refractivity contribution in [3.05, 3.63) is 0 Å². The third-order valence-electron chi connectivity index (χ3n) is 0.782. The van der Waals surface area contributed by atoms with Crippen LogP contribution in [0.3, 0.4) is 0 Å². The van der Waals surface area contributed by atoms with E-state index in [-0.39, 0.29) is 0 Å². The molecule has 0 radical (unpaired) electrons. The Kier molecular flexibility index (Phi) is 3.78. The lowest BCUT2D eigenvalue weighted by molar-refractivity contribution is -0.147.